The molecule has 0 unspecified atom stereocenters. The third kappa shape index (κ3) is 2.23. The second-order valence-corrected chi connectivity index (χ2v) is 5.16. The normalized spacial score (nSPS) is 12.7. The number of aromatic hydroxyl groups is 1. The number of hydrogen-bond acceptors (Lipinski definition) is 3. The lowest BCUT2D eigenvalue weighted by atomic mass is 9.93. The van der Waals surface area contributed by atoms with Gasteiger partial charge in [-0.1, -0.05) is 6.07 Å². The summed E-state index contributed by atoms with van der Waals surface area (Å²) in [7, 11) is 0. The number of nitriles is 1. The van der Waals surface area contributed by atoms with Gasteiger partial charge in [-0.15, -0.1) is 0 Å². The number of rotatable bonds is 2. The van der Waals surface area contributed by atoms with Crippen molar-refractivity contribution in [1.82, 2.24) is 0 Å². The van der Waals surface area contributed by atoms with E-state index in [1.807, 2.05) is 6.07 Å². The highest BCUT2D eigenvalue weighted by molar-refractivity contribution is 5.92. The lowest BCUT2D eigenvalue weighted by molar-refractivity contribution is 0.0694. The number of fused-ring (bicyclic) bond motifs is 1. The Bertz CT molecular complexity index is 787. The zero-order valence-electron chi connectivity index (χ0n) is 11.3. The van der Waals surface area contributed by atoms with Gasteiger partial charge in [0, 0.05) is 0 Å². The Hall–Kier alpha value is -2.80. The third-order valence-electron chi connectivity index (χ3n) is 3.88. The van der Waals surface area contributed by atoms with Crippen LogP contribution in [0.2, 0.25) is 0 Å². The maximum atomic E-state index is 11.0. The number of aryl methyl sites for hydroxylation is 1. The van der Waals surface area contributed by atoms with E-state index in [0.717, 1.165) is 30.4 Å². The van der Waals surface area contributed by atoms with Crippen LogP contribution in [0.25, 0.3) is 11.1 Å². The van der Waals surface area contributed by atoms with E-state index in [1.165, 1.54) is 23.3 Å². The molecule has 4 nitrogen and oxygen atoms in total. The van der Waals surface area contributed by atoms with Gasteiger partial charge in [0.2, 0.25) is 0 Å². The number of hydrogen-bond donors (Lipinski definition) is 2. The Labute approximate surface area is 121 Å². The summed E-state index contributed by atoms with van der Waals surface area (Å²) in [6.07, 6.45) is 2.95. The molecule has 0 saturated carbocycles. The van der Waals surface area contributed by atoms with Crippen molar-refractivity contribution in [2.75, 3.05) is 0 Å². The van der Waals surface area contributed by atoms with Gasteiger partial charge in [0.05, 0.1) is 11.6 Å². The van der Waals surface area contributed by atoms with E-state index in [0.29, 0.717) is 5.56 Å². The maximum Gasteiger partial charge on any atom is 0.339 e. The first kappa shape index (κ1) is 13.2. The molecule has 1 aliphatic rings. The smallest absolute Gasteiger partial charge is 0.339 e. The summed E-state index contributed by atoms with van der Waals surface area (Å²) in [5, 5.41) is 27.9. The number of carboxylic acids is 1. The first-order chi connectivity index (χ1) is 10.1. The number of aromatic carboxylic acids is 1. The molecular weight excluding hydrogens is 266 g/mol. The van der Waals surface area contributed by atoms with E-state index in [4.69, 9.17) is 10.4 Å². The molecule has 0 amide bonds. The lowest BCUT2D eigenvalue weighted by Crippen LogP contribution is -1.97. The summed E-state index contributed by atoms with van der Waals surface area (Å²) in [5.41, 5.74) is 4.49. The van der Waals surface area contributed by atoms with Crippen LogP contribution < -0.4 is 0 Å². The van der Waals surface area contributed by atoms with E-state index in [9.17, 15) is 9.90 Å². The Morgan fingerprint density at radius 2 is 2.00 bits per heavy atom. The lowest BCUT2D eigenvalue weighted by Gasteiger charge is -2.11. The molecule has 3 rings (SSSR count). The summed E-state index contributed by atoms with van der Waals surface area (Å²) in [6, 6.07) is 10.4. The highest BCUT2D eigenvalue weighted by atomic mass is 16.4. The number of benzene rings is 2. The summed E-state index contributed by atoms with van der Waals surface area (Å²) >= 11 is 0. The van der Waals surface area contributed by atoms with Gasteiger partial charge in [0.25, 0.3) is 0 Å². The van der Waals surface area contributed by atoms with E-state index >= 15 is 0 Å². The molecule has 0 bridgehead atoms. The molecule has 2 aromatic rings. The van der Waals surface area contributed by atoms with Gasteiger partial charge >= 0.3 is 5.97 Å². The molecule has 0 aliphatic heterocycles. The Kier molecular flexibility index (Phi) is 3.11. The monoisotopic (exact) mass is 279 g/mol. The molecule has 0 heterocycles. The highest BCUT2D eigenvalue weighted by Gasteiger charge is 2.18. The van der Waals surface area contributed by atoms with Gasteiger partial charge in [0.15, 0.2) is 0 Å². The van der Waals surface area contributed by atoms with Crippen LogP contribution in [0.1, 0.15) is 33.5 Å². The first-order valence-electron chi connectivity index (χ1n) is 6.72. The molecule has 0 radical (unpaired) electrons. The maximum absolute atomic E-state index is 11.0. The van der Waals surface area contributed by atoms with Crippen molar-refractivity contribution in [2.24, 2.45) is 0 Å². The van der Waals surface area contributed by atoms with Crippen LogP contribution in [-0.4, -0.2) is 16.2 Å². The Morgan fingerprint density at radius 1 is 1.19 bits per heavy atom. The fraction of sp³-hybridized carbons (Fsp3) is 0.176. The van der Waals surface area contributed by atoms with Crippen LogP contribution in [0.3, 0.4) is 0 Å². The molecule has 0 saturated heterocycles. The number of carboxylic acid groups (broad SMARTS) is 1. The molecule has 0 fully saturated rings. The predicted molar refractivity (Wildman–Crippen MR) is 77.2 cm³/mol. The second-order valence-electron chi connectivity index (χ2n) is 5.16. The fourth-order valence-electron chi connectivity index (χ4n) is 2.91. The van der Waals surface area contributed by atoms with E-state index in [1.54, 1.807) is 12.1 Å². The Morgan fingerprint density at radius 3 is 2.67 bits per heavy atom. The molecule has 104 valence electrons. The minimum absolute atomic E-state index is 0.119. The zero-order valence-corrected chi connectivity index (χ0v) is 11.3. The molecule has 2 aromatic carbocycles. The molecule has 4 heteroatoms. The average molecular weight is 279 g/mol. The van der Waals surface area contributed by atoms with Gasteiger partial charge in [0.1, 0.15) is 11.3 Å². The SMILES string of the molecule is N#Cc1cc2c(c(-c3ccc(C(=O)O)c(O)c3)c1)CCC2. The van der Waals surface area contributed by atoms with Gasteiger partial charge in [-0.3, -0.25) is 0 Å². The molecular formula is C17H13NO3. The molecule has 0 spiro atoms. The standard InChI is InChI=1S/C17H13NO3/c18-9-10-6-11-2-1-3-13(11)15(7-10)12-4-5-14(17(20)21)16(19)8-12/h4-8,19H,1-3H2,(H,20,21). The van der Waals surface area contributed by atoms with Crippen molar-refractivity contribution in [3.8, 4) is 22.9 Å². The summed E-state index contributed by atoms with van der Waals surface area (Å²) in [5.74, 6) is -1.41. The number of carbonyl (C=O) groups is 1. The van der Waals surface area contributed by atoms with E-state index < -0.39 is 5.97 Å². The van der Waals surface area contributed by atoms with Crippen molar-refractivity contribution < 1.29 is 15.0 Å². The van der Waals surface area contributed by atoms with E-state index in [-0.39, 0.29) is 11.3 Å². The van der Waals surface area contributed by atoms with Crippen molar-refractivity contribution in [2.45, 2.75) is 19.3 Å². The van der Waals surface area contributed by atoms with Crippen molar-refractivity contribution in [3.05, 3.63) is 52.6 Å². The Balaban J connectivity index is 2.17. The average Bonchev–Trinajstić information content (AvgIpc) is 2.93. The van der Waals surface area contributed by atoms with Crippen LogP contribution >= 0.6 is 0 Å². The summed E-state index contributed by atoms with van der Waals surface area (Å²) in [6.45, 7) is 0. The fourth-order valence-corrected chi connectivity index (χ4v) is 2.91. The number of nitrogens with zero attached hydrogens (tertiary/aromatic N) is 1. The molecule has 0 atom stereocenters. The van der Waals surface area contributed by atoms with Crippen LogP contribution in [0, 0.1) is 11.3 Å². The number of phenols is 1. The largest absolute Gasteiger partial charge is 0.507 e. The van der Waals surface area contributed by atoms with Crippen LogP contribution in [-0.2, 0) is 12.8 Å². The van der Waals surface area contributed by atoms with Crippen LogP contribution in [0.15, 0.2) is 30.3 Å². The topological polar surface area (TPSA) is 81.3 Å². The highest BCUT2D eigenvalue weighted by Crippen LogP contribution is 2.35. The van der Waals surface area contributed by atoms with Gasteiger partial charge < -0.3 is 10.2 Å². The summed E-state index contributed by atoms with van der Waals surface area (Å²) in [4.78, 5) is 11.0. The molecule has 21 heavy (non-hydrogen) atoms. The van der Waals surface area contributed by atoms with Gasteiger partial charge in [-0.2, -0.15) is 5.26 Å². The van der Waals surface area contributed by atoms with Crippen LogP contribution in [0.4, 0.5) is 0 Å². The van der Waals surface area contributed by atoms with E-state index in [2.05, 4.69) is 6.07 Å². The third-order valence-corrected chi connectivity index (χ3v) is 3.88. The van der Waals surface area contributed by atoms with Crippen LogP contribution in [0.5, 0.6) is 5.75 Å². The van der Waals surface area contributed by atoms with Gasteiger partial charge in [-0.25, -0.2) is 4.79 Å². The summed E-state index contributed by atoms with van der Waals surface area (Å²) < 4.78 is 0. The zero-order chi connectivity index (χ0) is 15.0. The quantitative estimate of drug-likeness (QED) is 0.885. The molecule has 1 aliphatic carbocycles. The van der Waals surface area contributed by atoms with Crippen molar-refractivity contribution in [1.29, 1.82) is 5.26 Å². The minimum atomic E-state index is -1.16. The van der Waals surface area contributed by atoms with Crippen molar-refractivity contribution >= 4 is 5.97 Å². The molecule has 0 aromatic heterocycles. The minimum Gasteiger partial charge on any atom is -0.507 e. The van der Waals surface area contributed by atoms with Crippen molar-refractivity contribution in [3.63, 3.8) is 0 Å². The van der Waals surface area contributed by atoms with Gasteiger partial charge in [-0.05, 0) is 65.8 Å². The molecule has 2 N–H and O–H groups in total. The first-order valence-corrected chi connectivity index (χ1v) is 6.72. The predicted octanol–water partition coefficient (Wildman–Crippen LogP) is 3.12. The second kappa shape index (κ2) is 4.95.